The molecule has 0 amide bonds. The van der Waals surface area contributed by atoms with Crippen LogP contribution in [0.25, 0.3) is 11.0 Å². The highest BCUT2D eigenvalue weighted by molar-refractivity contribution is 6.28. The van der Waals surface area contributed by atoms with E-state index in [0.29, 0.717) is 49.2 Å². The summed E-state index contributed by atoms with van der Waals surface area (Å²) in [5.41, 5.74) is 3.09. The molecule has 0 saturated carbocycles. The summed E-state index contributed by atoms with van der Waals surface area (Å²) in [4.78, 5) is 13.3. The molecule has 0 aliphatic carbocycles. The van der Waals surface area contributed by atoms with E-state index in [1.165, 1.54) is 0 Å². The van der Waals surface area contributed by atoms with Crippen molar-refractivity contribution >= 4 is 34.3 Å². The molecule has 0 atom stereocenters. The van der Waals surface area contributed by atoms with Crippen LogP contribution in [0.2, 0.25) is 5.28 Å². The molecule has 0 aliphatic heterocycles. The molecule has 3 heterocycles. The topological polar surface area (TPSA) is 87.0 Å². The van der Waals surface area contributed by atoms with Gasteiger partial charge in [-0.25, -0.2) is 9.97 Å². The molecular formula is C18H23ClN6O2. The zero-order chi connectivity index (χ0) is 19.2. The van der Waals surface area contributed by atoms with Crippen molar-refractivity contribution in [1.29, 1.82) is 0 Å². The van der Waals surface area contributed by atoms with E-state index in [2.05, 4.69) is 32.3 Å². The Labute approximate surface area is 162 Å². The summed E-state index contributed by atoms with van der Waals surface area (Å²) in [7, 11) is 1.62. The number of aromatic nitrogens is 5. The third-order valence-corrected chi connectivity index (χ3v) is 4.15. The van der Waals surface area contributed by atoms with Crippen LogP contribution in [0.1, 0.15) is 25.2 Å². The molecule has 3 aromatic heterocycles. The van der Waals surface area contributed by atoms with E-state index in [4.69, 9.17) is 21.1 Å². The van der Waals surface area contributed by atoms with Crippen molar-refractivity contribution in [1.82, 2.24) is 24.7 Å². The summed E-state index contributed by atoms with van der Waals surface area (Å²) in [6, 6.07) is 5.83. The van der Waals surface area contributed by atoms with Crippen molar-refractivity contribution in [3.05, 3.63) is 34.9 Å². The van der Waals surface area contributed by atoms with Gasteiger partial charge in [-0.3, -0.25) is 4.68 Å². The second-order valence-corrected chi connectivity index (χ2v) is 6.17. The van der Waals surface area contributed by atoms with Gasteiger partial charge in [-0.15, -0.1) is 0 Å². The average Bonchev–Trinajstić information content (AvgIpc) is 3.00. The van der Waals surface area contributed by atoms with E-state index in [9.17, 15) is 0 Å². The molecule has 3 aromatic rings. The molecule has 0 saturated heterocycles. The monoisotopic (exact) mass is 390 g/mol. The number of halogens is 1. The lowest BCUT2D eigenvalue weighted by atomic mass is 10.3. The second kappa shape index (κ2) is 9.07. The van der Waals surface area contributed by atoms with Gasteiger partial charge in [0.25, 0.3) is 0 Å². The molecule has 0 spiro atoms. The third kappa shape index (κ3) is 4.52. The first-order valence-electron chi connectivity index (χ1n) is 8.88. The highest BCUT2D eigenvalue weighted by Crippen LogP contribution is 2.27. The summed E-state index contributed by atoms with van der Waals surface area (Å²) in [5.74, 6) is 1.24. The molecule has 0 bridgehead atoms. The zero-order valence-electron chi connectivity index (χ0n) is 15.7. The molecule has 0 radical (unpaired) electrons. The Balaban J connectivity index is 2.06. The van der Waals surface area contributed by atoms with Gasteiger partial charge in [-0.1, -0.05) is 13.0 Å². The predicted octanol–water partition coefficient (Wildman–Crippen LogP) is 3.36. The Morgan fingerprint density at radius 1 is 1.19 bits per heavy atom. The number of pyridine rings is 1. The Morgan fingerprint density at radius 3 is 2.78 bits per heavy atom. The van der Waals surface area contributed by atoms with Crippen LogP contribution in [0.3, 0.4) is 0 Å². The Kier molecular flexibility index (Phi) is 6.54. The lowest BCUT2D eigenvalue weighted by Crippen LogP contribution is -2.09. The molecule has 9 heteroatoms. The van der Waals surface area contributed by atoms with Crippen LogP contribution in [0, 0.1) is 0 Å². The quantitative estimate of drug-likeness (QED) is 0.442. The first kappa shape index (κ1) is 19.5. The van der Waals surface area contributed by atoms with Gasteiger partial charge in [0.05, 0.1) is 19.8 Å². The molecule has 0 fully saturated rings. The van der Waals surface area contributed by atoms with Crippen LogP contribution in [-0.4, -0.2) is 45.1 Å². The fourth-order valence-electron chi connectivity index (χ4n) is 2.76. The van der Waals surface area contributed by atoms with Gasteiger partial charge < -0.3 is 14.8 Å². The largest absolute Gasteiger partial charge is 0.380 e. The SMILES string of the molecule is CCOCCn1nc(COC)c2nc(Cl)nc(Nc3cccc(CC)n3)c21. The molecule has 0 aliphatic rings. The van der Waals surface area contributed by atoms with Crippen LogP contribution >= 0.6 is 11.6 Å². The molecule has 3 rings (SSSR count). The minimum atomic E-state index is 0.137. The van der Waals surface area contributed by atoms with Crippen LogP contribution in [0.5, 0.6) is 0 Å². The van der Waals surface area contributed by atoms with Crippen molar-refractivity contribution in [3.63, 3.8) is 0 Å². The highest BCUT2D eigenvalue weighted by atomic mass is 35.5. The first-order chi connectivity index (χ1) is 13.2. The van der Waals surface area contributed by atoms with E-state index >= 15 is 0 Å². The van der Waals surface area contributed by atoms with Crippen LogP contribution in [0.15, 0.2) is 18.2 Å². The van der Waals surface area contributed by atoms with E-state index in [-0.39, 0.29) is 5.28 Å². The number of rotatable bonds is 9. The summed E-state index contributed by atoms with van der Waals surface area (Å²) < 4.78 is 12.6. The van der Waals surface area contributed by atoms with Crippen molar-refractivity contribution in [2.75, 3.05) is 25.6 Å². The number of aryl methyl sites for hydroxylation is 1. The smallest absolute Gasteiger partial charge is 0.225 e. The first-order valence-corrected chi connectivity index (χ1v) is 9.26. The maximum Gasteiger partial charge on any atom is 0.225 e. The average molecular weight is 391 g/mol. The van der Waals surface area contributed by atoms with Crippen LogP contribution in [0.4, 0.5) is 11.6 Å². The lowest BCUT2D eigenvalue weighted by molar-refractivity contribution is 0.136. The van der Waals surface area contributed by atoms with Gasteiger partial charge in [-0.05, 0) is 37.1 Å². The van der Waals surface area contributed by atoms with Gasteiger partial charge in [-0.2, -0.15) is 10.1 Å². The van der Waals surface area contributed by atoms with E-state index < -0.39 is 0 Å². The number of hydrogen-bond acceptors (Lipinski definition) is 7. The maximum atomic E-state index is 6.17. The van der Waals surface area contributed by atoms with Crippen molar-refractivity contribution in [2.24, 2.45) is 0 Å². The summed E-state index contributed by atoms with van der Waals surface area (Å²) >= 11 is 6.17. The summed E-state index contributed by atoms with van der Waals surface area (Å²) in [6.07, 6.45) is 0.847. The molecule has 27 heavy (non-hydrogen) atoms. The standard InChI is InChI=1S/C18H23ClN6O2/c1-4-12-7-6-8-14(20-12)21-17-16-15(22-18(19)23-17)13(11-26-3)24-25(16)9-10-27-5-2/h6-8H,4-5,9-11H2,1-3H3,(H,20,21,22,23). The Hall–Kier alpha value is -2.29. The number of nitrogens with zero attached hydrogens (tertiary/aromatic N) is 5. The summed E-state index contributed by atoms with van der Waals surface area (Å²) in [6.45, 7) is 6.09. The van der Waals surface area contributed by atoms with Gasteiger partial charge in [0.1, 0.15) is 22.5 Å². The minimum absolute atomic E-state index is 0.137. The number of fused-ring (bicyclic) bond motifs is 1. The lowest BCUT2D eigenvalue weighted by Gasteiger charge is -2.10. The molecule has 8 nitrogen and oxygen atoms in total. The van der Waals surface area contributed by atoms with E-state index in [0.717, 1.165) is 17.6 Å². The normalized spacial score (nSPS) is 11.3. The fourth-order valence-corrected chi connectivity index (χ4v) is 2.93. The number of methoxy groups -OCH3 is 1. The molecular weight excluding hydrogens is 368 g/mol. The maximum absolute atomic E-state index is 6.17. The molecule has 0 aromatic carbocycles. The Morgan fingerprint density at radius 2 is 2.04 bits per heavy atom. The minimum Gasteiger partial charge on any atom is -0.380 e. The molecule has 0 unspecified atom stereocenters. The number of ether oxygens (including phenoxy) is 2. The third-order valence-electron chi connectivity index (χ3n) is 3.98. The highest BCUT2D eigenvalue weighted by Gasteiger charge is 2.19. The van der Waals surface area contributed by atoms with Crippen molar-refractivity contribution in [3.8, 4) is 0 Å². The van der Waals surface area contributed by atoms with Gasteiger partial charge in [0.15, 0.2) is 5.82 Å². The van der Waals surface area contributed by atoms with Crippen LogP contribution in [-0.2, 0) is 29.0 Å². The van der Waals surface area contributed by atoms with Gasteiger partial charge >= 0.3 is 0 Å². The zero-order valence-corrected chi connectivity index (χ0v) is 16.5. The fraction of sp³-hybridized carbons (Fsp3) is 0.444. The molecule has 1 N–H and O–H groups in total. The number of hydrogen-bond donors (Lipinski definition) is 1. The Bertz CT molecular complexity index is 914. The van der Waals surface area contributed by atoms with E-state index in [1.807, 2.05) is 29.8 Å². The number of nitrogens with one attached hydrogen (secondary N) is 1. The van der Waals surface area contributed by atoms with Crippen molar-refractivity contribution < 1.29 is 9.47 Å². The number of anilines is 2. The molecule has 144 valence electrons. The van der Waals surface area contributed by atoms with Gasteiger partial charge in [0, 0.05) is 19.4 Å². The van der Waals surface area contributed by atoms with Crippen LogP contribution < -0.4 is 5.32 Å². The van der Waals surface area contributed by atoms with Gasteiger partial charge in [0.2, 0.25) is 5.28 Å². The second-order valence-electron chi connectivity index (χ2n) is 5.83. The summed E-state index contributed by atoms with van der Waals surface area (Å²) in [5, 5.41) is 8.02. The van der Waals surface area contributed by atoms with E-state index in [1.54, 1.807) is 7.11 Å². The van der Waals surface area contributed by atoms with Crippen molar-refractivity contribution in [2.45, 2.75) is 33.4 Å². The predicted molar refractivity (Wildman–Crippen MR) is 104 cm³/mol.